The van der Waals surface area contributed by atoms with Gasteiger partial charge in [-0.05, 0) is 13.0 Å². The fourth-order valence-electron chi connectivity index (χ4n) is 0.638. The molecule has 0 radical (unpaired) electrons. The van der Waals surface area contributed by atoms with Crippen molar-refractivity contribution < 1.29 is 0 Å². The normalized spacial score (nSPS) is 9.75. The number of hydrogen-bond donors (Lipinski definition) is 2. The third-order valence-corrected chi connectivity index (χ3v) is 2.04. The minimum Gasteiger partial charge on any atom is -0.387 e. The van der Waals surface area contributed by atoms with Crippen molar-refractivity contribution in [3.63, 3.8) is 0 Å². The summed E-state index contributed by atoms with van der Waals surface area (Å²) < 4.78 is 0. The summed E-state index contributed by atoms with van der Waals surface area (Å²) in [5, 5.41) is 7.67. The largest absolute Gasteiger partial charge is 0.387 e. The molecule has 0 atom stereocenters. The van der Waals surface area contributed by atoms with Gasteiger partial charge in [0.2, 0.25) is 0 Å². The number of nitrogens with one attached hydrogen (secondary N) is 1. The van der Waals surface area contributed by atoms with E-state index in [1.165, 1.54) is 11.8 Å². The molecule has 0 saturated carbocycles. The number of aromatic nitrogens is 2. The molecular weight excluding hydrogens is 172 g/mol. The van der Waals surface area contributed by atoms with Gasteiger partial charge in [-0.1, -0.05) is 11.8 Å². The van der Waals surface area contributed by atoms with Crippen LogP contribution in [0.3, 0.4) is 0 Å². The van der Waals surface area contributed by atoms with Crippen LogP contribution >= 0.6 is 11.8 Å². The lowest BCUT2D eigenvalue weighted by Crippen LogP contribution is -2.12. The van der Waals surface area contributed by atoms with Gasteiger partial charge in [0, 0.05) is 11.9 Å². The van der Waals surface area contributed by atoms with Crippen LogP contribution in [0.25, 0.3) is 0 Å². The molecule has 64 valence electrons. The van der Waals surface area contributed by atoms with E-state index in [0.29, 0.717) is 10.9 Å². The minimum atomic E-state index is 0.144. The molecule has 0 aliphatic rings. The first kappa shape index (κ1) is 8.99. The van der Waals surface area contributed by atoms with Crippen molar-refractivity contribution in [3.8, 4) is 0 Å². The first-order chi connectivity index (χ1) is 5.68. The van der Waals surface area contributed by atoms with E-state index in [4.69, 9.17) is 11.1 Å². The number of aryl methyl sites for hydroxylation is 1. The van der Waals surface area contributed by atoms with Gasteiger partial charge in [-0.2, -0.15) is 0 Å². The molecule has 0 aliphatic heterocycles. The van der Waals surface area contributed by atoms with Crippen LogP contribution in [-0.4, -0.2) is 21.6 Å². The molecule has 1 aromatic rings. The second kappa shape index (κ2) is 4.06. The molecule has 5 heteroatoms. The zero-order chi connectivity index (χ0) is 8.97. The third-order valence-electron chi connectivity index (χ3n) is 1.13. The predicted molar refractivity (Wildman–Crippen MR) is 49.4 cm³/mol. The Kier molecular flexibility index (Phi) is 3.04. The molecular formula is C7H10N4S. The van der Waals surface area contributed by atoms with E-state index in [-0.39, 0.29) is 5.84 Å². The van der Waals surface area contributed by atoms with Gasteiger partial charge in [-0.3, -0.25) is 5.41 Å². The highest BCUT2D eigenvalue weighted by Gasteiger charge is 1.97. The Bertz CT molecular complexity index is 286. The lowest BCUT2D eigenvalue weighted by molar-refractivity contribution is 0.934. The maximum Gasteiger partial charge on any atom is 0.188 e. The van der Waals surface area contributed by atoms with Crippen molar-refractivity contribution in [1.82, 2.24) is 9.97 Å². The van der Waals surface area contributed by atoms with Crippen LogP contribution < -0.4 is 5.73 Å². The van der Waals surface area contributed by atoms with Gasteiger partial charge in [0.25, 0.3) is 0 Å². The molecule has 4 nitrogen and oxygen atoms in total. The molecule has 0 bridgehead atoms. The molecule has 0 aliphatic carbocycles. The zero-order valence-electron chi connectivity index (χ0n) is 6.74. The standard InChI is InChI=1S/C7H10N4S/c1-5-2-3-10-7(11-5)12-4-6(8)9/h2-3H,4H2,1H3,(H3,8,9). The number of hydrogen-bond acceptors (Lipinski definition) is 4. The van der Waals surface area contributed by atoms with Gasteiger partial charge in [0.05, 0.1) is 5.75 Å². The SMILES string of the molecule is Cc1ccnc(SCC(=N)N)n1. The molecule has 12 heavy (non-hydrogen) atoms. The zero-order valence-corrected chi connectivity index (χ0v) is 7.56. The van der Waals surface area contributed by atoms with E-state index >= 15 is 0 Å². The van der Waals surface area contributed by atoms with Crippen LogP contribution in [0.2, 0.25) is 0 Å². The number of nitrogens with zero attached hydrogens (tertiary/aromatic N) is 2. The number of rotatable bonds is 3. The van der Waals surface area contributed by atoms with E-state index < -0.39 is 0 Å². The maximum atomic E-state index is 7.00. The quantitative estimate of drug-likeness (QED) is 0.314. The molecule has 0 fully saturated rings. The summed E-state index contributed by atoms with van der Waals surface area (Å²) in [6.07, 6.45) is 1.70. The highest BCUT2D eigenvalue weighted by atomic mass is 32.2. The number of thioether (sulfide) groups is 1. The van der Waals surface area contributed by atoms with Gasteiger partial charge in [-0.25, -0.2) is 9.97 Å². The van der Waals surface area contributed by atoms with E-state index in [2.05, 4.69) is 9.97 Å². The van der Waals surface area contributed by atoms with E-state index in [9.17, 15) is 0 Å². The summed E-state index contributed by atoms with van der Waals surface area (Å²) in [7, 11) is 0. The van der Waals surface area contributed by atoms with E-state index in [1.807, 2.05) is 13.0 Å². The minimum absolute atomic E-state index is 0.144. The van der Waals surface area contributed by atoms with Crippen LogP contribution in [0.15, 0.2) is 17.4 Å². The maximum absolute atomic E-state index is 7.00. The molecule has 1 rings (SSSR count). The van der Waals surface area contributed by atoms with Gasteiger partial charge in [0.1, 0.15) is 5.84 Å². The molecule has 3 N–H and O–H groups in total. The first-order valence-corrected chi connectivity index (χ1v) is 4.42. The number of amidine groups is 1. The fourth-order valence-corrected chi connectivity index (χ4v) is 1.27. The molecule has 1 aromatic heterocycles. The van der Waals surface area contributed by atoms with Crippen LogP contribution in [0, 0.1) is 12.3 Å². The molecule has 0 amide bonds. The Balaban J connectivity index is 2.57. The summed E-state index contributed by atoms with van der Waals surface area (Å²) in [4.78, 5) is 8.16. The first-order valence-electron chi connectivity index (χ1n) is 3.44. The van der Waals surface area contributed by atoms with Crippen molar-refractivity contribution in [2.24, 2.45) is 5.73 Å². The van der Waals surface area contributed by atoms with Crippen LogP contribution in [-0.2, 0) is 0 Å². The average molecular weight is 182 g/mol. The van der Waals surface area contributed by atoms with Crippen molar-refractivity contribution in [3.05, 3.63) is 18.0 Å². The summed E-state index contributed by atoms with van der Waals surface area (Å²) >= 11 is 1.37. The fraction of sp³-hybridized carbons (Fsp3) is 0.286. The second-order valence-electron chi connectivity index (χ2n) is 2.29. The lowest BCUT2D eigenvalue weighted by Gasteiger charge is -1.98. The topological polar surface area (TPSA) is 75.7 Å². The van der Waals surface area contributed by atoms with Crippen LogP contribution in [0.4, 0.5) is 0 Å². The Morgan fingerprint density at radius 1 is 1.75 bits per heavy atom. The van der Waals surface area contributed by atoms with Crippen molar-refractivity contribution in [2.75, 3.05) is 5.75 Å². The molecule has 0 aromatic carbocycles. The van der Waals surface area contributed by atoms with Gasteiger partial charge < -0.3 is 5.73 Å². The molecule has 0 saturated heterocycles. The molecule has 0 spiro atoms. The highest BCUT2D eigenvalue weighted by Crippen LogP contribution is 2.10. The van der Waals surface area contributed by atoms with Crippen LogP contribution in [0.5, 0.6) is 0 Å². The summed E-state index contributed by atoms with van der Waals surface area (Å²) in [5.74, 6) is 0.591. The Morgan fingerprint density at radius 2 is 2.50 bits per heavy atom. The average Bonchev–Trinajstić information content (AvgIpc) is 2.01. The Hall–Kier alpha value is -1.10. The van der Waals surface area contributed by atoms with Crippen molar-refractivity contribution in [2.45, 2.75) is 12.1 Å². The summed E-state index contributed by atoms with van der Waals surface area (Å²) in [6, 6.07) is 1.83. The monoisotopic (exact) mass is 182 g/mol. The van der Waals surface area contributed by atoms with Gasteiger partial charge >= 0.3 is 0 Å². The third kappa shape index (κ3) is 2.87. The van der Waals surface area contributed by atoms with E-state index in [0.717, 1.165) is 5.69 Å². The second-order valence-corrected chi connectivity index (χ2v) is 3.24. The predicted octanol–water partition coefficient (Wildman–Crippen LogP) is 0.813. The Labute approximate surface area is 75.1 Å². The van der Waals surface area contributed by atoms with E-state index in [1.54, 1.807) is 6.20 Å². The number of nitrogens with two attached hydrogens (primary N) is 1. The van der Waals surface area contributed by atoms with Crippen molar-refractivity contribution in [1.29, 1.82) is 5.41 Å². The van der Waals surface area contributed by atoms with Crippen molar-refractivity contribution >= 4 is 17.6 Å². The Morgan fingerprint density at radius 3 is 3.08 bits per heavy atom. The summed E-state index contributed by atoms with van der Waals surface area (Å²) in [6.45, 7) is 1.90. The smallest absolute Gasteiger partial charge is 0.188 e. The lowest BCUT2D eigenvalue weighted by atomic mass is 10.5. The molecule has 0 unspecified atom stereocenters. The van der Waals surface area contributed by atoms with Gasteiger partial charge in [-0.15, -0.1) is 0 Å². The summed E-state index contributed by atoms with van der Waals surface area (Å²) in [5.41, 5.74) is 6.11. The van der Waals surface area contributed by atoms with Crippen LogP contribution in [0.1, 0.15) is 5.69 Å². The van der Waals surface area contributed by atoms with Gasteiger partial charge in [0.15, 0.2) is 5.16 Å². The highest BCUT2D eigenvalue weighted by molar-refractivity contribution is 7.99. The molecule has 1 heterocycles.